The number of carbonyl (C=O) groups excluding carboxylic acids is 1. The summed E-state index contributed by atoms with van der Waals surface area (Å²) in [5.74, 6) is 0.137. The quantitative estimate of drug-likeness (QED) is 0.541. The van der Waals surface area contributed by atoms with E-state index in [0.29, 0.717) is 13.0 Å². The first kappa shape index (κ1) is 14.5. The summed E-state index contributed by atoms with van der Waals surface area (Å²) < 4.78 is 4.92. The van der Waals surface area contributed by atoms with Gasteiger partial charge in [-0.2, -0.15) is 0 Å². The van der Waals surface area contributed by atoms with Crippen LogP contribution in [0, 0.1) is 5.92 Å². The molecule has 1 atom stereocenters. The molecule has 0 amide bonds. The molecule has 0 aliphatic carbocycles. The zero-order valence-corrected chi connectivity index (χ0v) is 11.3. The molecule has 98 valence electrons. The van der Waals surface area contributed by atoms with Crippen molar-refractivity contribution in [2.24, 2.45) is 5.92 Å². The topological polar surface area (TPSA) is 26.3 Å². The molecule has 1 unspecified atom stereocenters. The Labute approximate surface area is 110 Å². The maximum Gasteiger partial charge on any atom is 0.306 e. The van der Waals surface area contributed by atoms with Crippen LogP contribution in [0.4, 0.5) is 0 Å². The molecule has 0 aliphatic heterocycles. The Bertz CT molecular complexity index is 368. The van der Waals surface area contributed by atoms with Crippen LogP contribution in [-0.4, -0.2) is 12.6 Å². The number of hydrogen-bond donors (Lipinski definition) is 0. The Balaban J connectivity index is 2.22. The van der Waals surface area contributed by atoms with Gasteiger partial charge in [-0.3, -0.25) is 4.79 Å². The van der Waals surface area contributed by atoms with Gasteiger partial charge in [-0.1, -0.05) is 49.4 Å². The Morgan fingerprint density at radius 3 is 2.72 bits per heavy atom. The Morgan fingerprint density at radius 2 is 2.06 bits per heavy atom. The summed E-state index contributed by atoms with van der Waals surface area (Å²) in [6.45, 7) is 4.33. The van der Waals surface area contributed by atoms with Crippen LogP contribution in [0.3, 0.4) is 0 Å². The number of ether oxygens (including phenoxy) is 1. The molecule has 18 heavy (non-hydrogen) atoms. The first-order valence-electron chi connectivity index (χ1n) is 6.58. The highest BCUT2D eigenvalue weighted by molar-refractivity contribution is 5.69. The van der Waals surface area contributed by atoms with Gasteiger partial charge in [-0.15, -0.1) is 0 Å². The maximum absolute atomic E-state index is 11.3. The second-order valence-corrected chi connectivity index (χ2v) is 4.44. The first-order chi connectivity index (χ1) is 8.72. The molecule has 0 bridgehead atoms. The van der Waals surface area contributed by atoms with Crippen LogP contribution >= 0.6 is 0 Å². The lowest BCUT2D eigenvalue weighted by Gasteiger charge is -2.05. The molecule has 2 nitrogen and oxygen atoms in total. The predicted octanol–water partition coefficient (Wildman–Crippen LogP) is 3.76. The summed E-state index contributed by atoms with van der Waals surface area (Å²) in [6.07, 6.45) is 6.77. The van der Waals surface area contributed by atoms with E-state index in [4.69, 9.17) is 4.74 Å². The van der Waals surface area contributed by atoms with Crippen LogP contribution in [0.2, 0.25) is 0 Å². The number of hydrogen-bond acceptors (Lipinski definition) is 2. The second-order valence-electron chi connectivity index (χ2n) is 4.44. The summed E-state index contributed by atoms with van der Waals surface area (Å²) in [7, 11) is 0. The number of carbonyl (C=O) groups is 1. The third-order valence-electron chi connectivity index (χ3n) is 2.70. The highest BCUT2D eigenvalue weighted by atomic mass is 16.5. The van der Waals surface area contributed by atoms with E-state index < -0.39 is 0 Å². The third kappa shape index (κ3) is 6.24. The molecular weight excluding hydrogens is 224 g/mol. The van der Waals surface area contributed by atoms with Gasteiger partial charge in [0, 0.05) is 0 Å². The summed E-state index contributed by atoms with van der Waals surface area (Å²) in [6, 6.07) is 10.4. The van der Waals surface area contributed by atoms with Gasteiger partial charge in [0.1, 0.15) is 0 Å². The zero-order chi connectivity index (χ0) is 13.2. The minimum atomic E-state index is -0.113. The van der Waals surface area contributed by atoms with E-state index in [1.165, 1.54) is 5.56 Å². The molecule has 0 spiro atoms. The van der Waals surface area contributed by atoms with Crippen LogP contribution in [0.5, 0.6) is 0 Å². The fraction of sp³-hybridized carbons (Fsp3) is 0.438. The van der Waals surface area contributed by atoms with Crippen molar-refractivity contribution in [3.8, 4) is 0 Å². The summed E-state index contributed by atoms with van der Waals surface area (Å²) in [5, 5.41) is 0. The van der Waals surface area contributed by atoms with Gasteiger partial charge in [-0.05, 0) is 31.2 Å². The van der Waals surface area contributed by atoms with Crippen molar-refractivity contribution < 1.29 is 9.53 Å². The molecule has 0 N–H and O–H groups in total. The minimum absolute atomic E-state index is 0.113. The molecule has 0 aromatic heterocycles. The standard InChI is InChI=1S/C16H22O2/c1-3-18-16(17)13-14(2)9-7-8-12-15-10-5-4-6-11-15/h4-7,9-11,14H,3,8,12-13H2,1-2H3/b9-7+. The smallest absolute Gasteiger partial charge is 0.306 e. The molecule has 1 rings (SSSR count). The fourth-order valence-electron chi connectivity index (χ4n) is 1.77. The Kier molecular flexibility index (Phi) is 6.85. The van der Waals surface area contributed by atoms with E-state index in [1.807, 2.05) is 19.9 Å². The Morgan fingerprint density at radius 1 is 1.33 bits per heavy atom. The van der Waals surface area contributed by atoms with E-state index in [2.05, 4.69) is 36.4 Å². The van der Waals surface area contributed by atoms with Crippen LogP contribution in [-0.2, 0) is 16.0 Å². The molecule has 0 fully saturated rings. The van der Waals surface area contributed by atoms with Gasteiger partial charge >= 0.3 is 5.97 Å². The number of aryl methyl sites for hydroxylation is 1. The third-order valence-corrected chi connectivity index (χ3v) is 2.70. The van der Waals surface area contributed by atoms with Crippen LogP contribution < -0.4 is 0 Å². The van der Waals surface area contributed by atoms with Crippen LogP contribution in [0.25, 0.3) is 0 Å². The number of allylic oxidation sites excluding steroid dienone is 2. The molecule has 1 aromatic rings. The lowest BCUT2D eigenvalue weighted by Crippen LogP contribution is -2.07. The lowest BCUT2D eigenvalue weighted by atomic mass is 10.1. The van der Waals surface area contributed by atoms with Gasteiger partial charge in [0.2, 0.25) is 0 Å². The molecule has 0 aliphatic rings. The van der Waals surface area contributed by atoms with Gasteiger partial charge in [-0.25, -0.2) is 0 Å². The SMILES string of the molecule is CCOC(=O)CC(C)/C=C/CCc1ccccc1. The van der Waals surface area contributed by atoms with Gasteiger partial charge in [0.25, 0.3) is 0 Å². The van der Waals surface area contributed by atoms with Crippen LogP contribution in [0.1, 0.15) is 32.3 Å². The van der Waals surface area contributed by atoms with E-state index in [9.17, 15) is 4.79 Å². The molecule has 0 radical (unpaired) electrons. The van der Waals surface area contributed by atoms with Crippen LogP contribution in [0.15, 0.2) is 42.5 Å². The number of rotatable bonds is 7. The van der Waals surface area contributed by atoms with E-state index in [1.54, 1.807) is 0 Å². The van der Waals surface area contributed by atoms with E-state index >= 15 is 0 Å². The van der Waals surface area contributed by atoms with Crippen molar-refractivity contribution in [3.05, 3.63) is 48.0 Å². The van der Waals surface area contributed by atoms with Crippen molar-refractivity contribution in [3.63, 3.8) is 0 Å². The minimum Gasteiger partial charge on any atom is -0.466 e. The highest BCUT2D eigenvalue weighted by Crippen LogP contribution is 2.08. The summed E-state index contributed by atoms with van der Waals surface area (Å²) >= 11 is 0. The summed E-state index contributed by atoms with van der Waals surface area (Å²) in [4.78, 5) is 11.3. The van der Waals surface area contributed by atoms with Crippen molar-refractivity contribution in [1.82, 2.24) is 0 Å². The van der Waals surface area contributed by atoms with Crippen molar-refractivity contribution >= 4 is 5.97 Å². The maximum atomic E-state index is 11.3. The van der Waals surface area contributed by atoms with E-state index in [0.717, 1.165) is 12.8 Å². The zero-order valence-electron chi connectivity index (χ0n) is 11.3. The molecular formula is C16H22O2. The largest absolute Gasteiger partial charge is 0.466 e. The second kappa shape index (κ2) is 8.51. The monoisotopic (exact) mass is 246 g/mol. The van der Waals surface area contributed by atoms with E-state index in [-0.39, 0.29) is 11.9 Å². The average Bonchev–Trinajstić information content (AvgIpc) is 2.36. The molecule has 0 heterocycles. The lowest BCUT2D eigenvalue weighted by molar-refractivity contribution is -0.143. The summed E-state index contributed by atoms with van der Waals surface area (Å²) in [5.41, 5.74) is 1.35. The highest BCUT2D eigenvalue weighted by Gasteiger charge is 2.06. The molecule has 2 heteroatoms. The van der Waals surface area contributed by atoms with Gasteiger partial charge < -0.3 is 4.74 Å². The Hall–Kier alpha value is -1.57. The van der Waals surface area contributed by atoms with Gasteiger partial charge in [0.05, 0.1) is 13.0 Å². The normalized spacial score (nSPS) is 12.6. The number of benzene rings is 1. The molecule has 1 aromatic carbocycles. The average molecular weight is 246 g/mol. The first-order valence-corrected chi connectivity index (χ1v) is 6.58. The molecule has 0 saturated carbocycles. The van der Waals surface area contributed by atoms with Gasteiger partial charge in [0.15, 0.2) is 0 Å². The predicted molar refractivity (Wildman–Crippen MR) is 74.3 cm³/mol. The fourth-order valence-corrected chi connectivity index (χ4v) is 1.77. The number of esters is 1. The van der Waals surface area contributed by atoms with Crippen molar-refractivity contribution in [1.29, 1.82) is 0 Å². The van der Waals surface area contributed by atoms with Crippen molar-refractivity contribution in [2.45, 2.75) is 33.1 Å². The molecule has 0 saturated heterocycles. The van der Waals surface area contributed by atoms with Crippen molar-refractivity contribution in [2.75, 3.05) is 6.61 Å².